The molecule has 1 aromatic carbocycles. The minimum Gasteiger partial charge on any atom is -0.313 e. The van der Waals surface area contributed by atoms with Crippen molar-refractivity contribution < 1.29 is 4.79 Å². The van der Waals surface area contributed by atoms with Gasteiger partial charge in [-0.25, -0.2) is 0 Å². The Bertz CT molecular complexity index is 373. The molecule has 1 N–H and O–H groups in total. The van der Waals surface area contributed by atoms with E-state index in [2.05, 4.69) is 36.5 Å². The molecule has 100 valence electrons. The van der Waals surface area contributed by atoms with E-state index in [-0.39, 0.29) is 0 Å². The molecule has 2 nitrogen and oxygen atoms in total. The van der Waals surface area contributed by atoms with Crippen molar-refractivity contribution in [2.45, 2.75) is 52.0 Å². The molecule has 1 rings (SSSR count). The summed E-state index contributed by atoms with van der Waals surface area (Å²) >= 11 is 0. The molecule has 0 aliphatic rings. The van der Waals surface area contributed by atoms with Crippen molar-refractivity contribution in [3.8, 4) is 0 Å². The highest BCUT2D eigenvalue weighted by atomic mass is 16.1. The van der Waals surface area contributed by atoms with Gasteiger partial charge in [-0.1, -0.05) is 37.6 Å². The van der Waals surface area contributed by atoms with Gasteiger partial charge in [0, 0.05) is 12.5 Å². The number of unbranched alkanes of at least 4 members (excludes halogenated alkanes) is 1. The third kappa shape index (κ3) is 4.61. The Kier molecular flexibility index (Phi) is 6.66. The average Bonchev–Trinajstić information content (AvgIpc) is 2.38. The molecular weight excluding hydrogens is 222 g/mol. The second-order valence-corrected chi connectivity index (χ2v) is 4.84. The zero-order valence-electron chi connectivity index (χ0n) is 11.8. The SMILES string of the molecule is CCc1ccccc1C(CCCCC(C)=O)NC. The summed E-state index contributed by atoms with van der Waals surface area (Å²) < 4.78 is 0. The predicted octanol–water partition coefficient (Wildman–Crippen LogP) is 3.66. The van der Waals surface area contributed by atoms with Gasteiger partial charge in [0.15, 0.2) is 0 Å². The number of rotatable bonds is 8. The number of aryl methyl sites for hydroxylation is 1. The minimum absolute atomic E-state index is 0.296. The van der Waals surface area contributed by atoms with Gasteiger partial charge in [0.1, 0.15) is 5.78 Å². The standard InChI is InChI=1S/C16H25NO/c1-4-14-10-6-7-11-15(14)16(17-3)12-8-5-9-13(2)18/h6-7,10-11,16-17H,4-5,8-9,12H2,1-3H3. The van der Waals surface area contributed by atoms with Crippen molar-refractivity contribution in [1.29, 1.82) is 0 Å². The van der Waals surface area contributed by atoms with Gasteiger partial charge in [0.05, 0.1) is 0 Å². The summed E-state index contributed by atoms with van der Waals surface area (Å²) in [6.07, 6.45) is 4.99. The van der Waals surface area contributed by atoms with E-state index in [0.717, 1.165) is 25.7 Å². The first-order valence-corrected chi connectivity index (χ1v) is 6.93. The Balaban J connectivity index is 2.57. The van der Waals surface area contributed by atoms with Crippen LogP contribution in [-0.4, -0.2) is 12.8 Å². The van der Waals surface area contributed by atoms with Crippen LogP contribution in [0.1, 0.15) is 56.7 Å². The molecule has 0 bridgehead atoms. The zero-order valence-corrected chi connectivity index (χ0v) is 11.8. The lowest BCUT2D eigenvalue weighted by atomic mass is 9.94. The second-order valence-electron chi connectivity index (χ2n) is 4.84. The van der Waals surface area contributed by atoms with Crippen LogP contribution in [0.3, 0.4) is 0 Å². The fraction of sp³-hybridized carbons (Fsp3) is 0.562. The van der Waals surface area contributed by atoms with E-state index in [1.54, 1.807) is 6.92 Å². The molecule has 0 amide bonds. The van der Waals surface area contributed by atoms with Crippen LogP contribution in [0.4, 0.5) is 0 Å². The largest absolute Gasteiger partial charge is 0.313 e. The van der Waals surface area contributed by atoms with E-state index < -0.39 is 0 Å². The van der Waals surface area contributed by atoms with Crippen molar-refractivity contribution >= 4 is 5.78 Å². The van der Waals surface area contributed by atoms with E-state index in [9.17, 15) is 4.79 Å². The summed E-state index contributed by atoms with van der Waals surface area (Å²) in [4.78, 5) is 10.9. The van der Waals surface area contributed by atoms with Gasteiger partial charge in [-0.15, -0.1) is 0 Å². The topological polar surface area (TPSA) is 29.1 Å². The van der Waals surface area contributed by atoms with E-state index in [1.807, 2.05) is 7.05 Å². The van der Waals surface area contributed by atoms with Gasteiger partial charge in [-0.05, 0) is 44.4 Å². The Morgan fingerprint density at radius 3 is 2.61 bits per heavy atom. The minimum atomic E-state index is 0.296. The summed E-state index contributed by atoms with van der Waals surface area (Å²) in [5, 5.41) is 3.40. The van der Waals surface area contributed by atoms with Crippen molar-refractivity contribution in [2.75, 3.05) is 7.05 Å². The zero-order chi connectivity index (χ0) is 13.4. The molecule has 0 saturated heterocycles. The van der Waals surface area contributed by atoms with Gasteiger partial charge in [0.25, 0.3) is 0 Å². The molecule has 0 fully saturated rings. The molecule has 0 aliphatic carbocycles. The van der Waals surface area contributed by atoms with Crippen LogP contribution in [0, 0.1) is 0 Å². The lowest BCUT2D eigenvalue weighted by Gasteiger charge is -2.19. The van der Waals surface area contributed by atoms with Crippen LogP contribution in [0.25, 0.3) is 0 Å². The normalized spacial score (nSPS) is 12.4. The lowest BCUT2D eigenvalue weighted by molar-refractivity contribution is -0.117. The molecule has 0 aliphatic heterocycles. The highest BCUT2D eigenvalue weighted by Gasteiger charge is 2.11. The molecule has 0 radical (unpaired) electrons. The van der Waals surface area contributed by atoms with Crippen LogP contribution < -0.4 is 5.32 Å². The summed E-state index contributed by atoms with van der Waals surface area (Å²) in [5.74, 6) is 0.296. The summed E-state index contributed by atoms with van der Waals surface area (Å²) in [6.45, 7) is 3.86. The molecule has 1 atom stereocenters. The highest BCUT2D eigenvalue weighted by Crippen LogP contribution is 2.23. The maximum Gasteiger partial charge on any atom is 0.129 e. The van der Waals surface area contributed by atoms with Crippen LogP contribution in [-0.2, 0) is 11.2 Å². The highest BCUT2D eigenvalue weighted by molar-refractivity contribution is 5.75. The number of carbonyl (C=O) groups is 1. The van der Waals surface area contributed by atoms with Gasteiger partial charge >= 0.3 is 0 Å². The molecule has 18 heavy (non-hydrogen) atoms. The molecule has 0 saturated carbocycles. The van der Waals surface area contributed by atoms with E-state index >= 15 is 0 Å². The number of nitrogens with one attached hydrogen (secondary N) is 1. The van der Waals surface area contributed by atoms with Crippen LogP contribution in [0.5, 0.6) is 0 Å². The van der Waals surface area contributed by atoms with Crippen LogP contribution in [0.2, 0.25) is 0 Å². The van der Waals surface area contributed by atoms with Gasteiger partial charge in [0.2, 0.25) is 0 Å². The quantitative estimate of drug-likeness (QED) is 0.710. The first kappa shape index (κ1) is 14.9. The van der Waals surface area contributed by atoms with Gasteiger partial charge in [-0.3, -0.25) is 0 Å². The first-order valence-electron chi connectivity index (χ1n) is 6.93. The van der Waals surface area contributed by atoms with Gasteiger partial charge < -0.3 is 10.1 Å². The summed E-state index contributed by atoms with van der Waals surface area (Å²) in [7, 11) is 2.02. The Labute approximate surface area is 111 Å². The van der Waals surface area contributed by atoms with E-state index in [0.29, 0.717) is 18.2 Å². The average molecular weight is 247 g/mol. The maximum atomic E-state index is 10.9. The van der Waals surface area contributed by atoms with Crippen LogP contribution in [0.15, 0.2) is 24.3 Å². The number of Topliss-reactive ketones (excluding diaryl/α,β-unsaturated/α-hetero) is 1. The number of hydrogen-bond donors (Lipinski definition) is 1. The van der Waals surface area contributed by atoms with Crippen molar-refractivity contribution in [3.05, 3.63) is 35.4 Å². The lowest BCUT2D eigenvalue weighted by Crippen LogP contribution is -2.17. The van der Waals surface area contributed by atoms with Crippen LogP contribution >= 0.6 is 0 Å². The molecule has 1 aromatic rings. The van der Waals surface area contributed by atoms with Crippen molar-refractivity contribution in [1.82, 2.24) is 5.32 Å². The number of carbonyl (C=O) groups excluding carboxylic acids is 1. The predicted molar refractivity (Wildman–Crippen MR) is 76.8 cm³/mol. The third-order valence-electron chi connectivity index (χ3n) is 3.43. The van der Waals surface area contributed by atoms with Crippen molar-refractivity contribution in [2.24, 2.45) is 0 Å². The number of benzene rings is 1. The Morgan fingerprint density at radius 1 is 1.28 bits per heavy atom. The van der Waals surface area contributed by atoms with Gasteiger partial charge in [-0.2, -0.15) is 0 Å². The smallest absolute Gasteiger partial charge is 0.129 e. The fourth-order valence-corrected chi connectivity index (χ4v) is 2.37. The Morgan fingerprint density at radius 2 is 2.00 bits per heavy atom. The monoisotopic (exact) mass is 247 g/mol. The Hall–Kier alpha value is -1.15. The third-order valence-corrected chi connectivity index (χ3v) is 3.43. The molecule has 0 spiro atoms. The van der Waals surface area contributed by atoms with Crippen molar-refractivity contribution in [3.63, 3.8) is 0 Å². The number of ketones is 1. The molecule has 0 aromatic heterocycles. The summed E-state index contributed by atoms with van der Waals surface area (Å²) in [6, 6.07) is 9.03. The van der Waals surface area contributed by atoms with E-state index in [4.69, 9.17) is 0 Å². The maximum absolute atomic E-state index is 10.9. The molecule has 2 heteroatoms. The molecule has 1 unspecified atom stereocenters. The fourth-order valence-electron chi connectivity index (χ4n) is 2.37. The van der Waals surface area contributed by atoms with E-state index in [1.165, 1.54) is 11.1 Å². The first-order chi connectivity index (χ1) is 8.69. The number of hydrogen-bond acceptors (Lipinski definition) is 2. The second kappa shape index (κ2) is 8.04. The molecular formula is C16H25NO. The summed E-state index contributed by atoms with van der Waals surface area (Å²) in [5.41, 5.74) is 2.83. The molecule has 0 heterocycles.